The molecule has 0 amide bonds. The van der Waals surface area contributed by atoms with E-state index in [-0.39, 0.29) is 18.7 Å². The highest BCUT2D eigenvalue weighted by atomic mass is 16.5. The highest BCUT2D eigenvalue weighted by Crippen LogP contribution is 2.25. The van der Waals surface area contributed by atoms with Crippen molar-refractivity contribution in [3.63, 3.8) is 0 Å². The van der Waals surface area contributed by atoms with E-state index in [0.29, 0.717) is 16.8 Å². The number of aliphatic hydroxyl groups is 1. The Morgan fingerprint density at radius 2 is 2.00 bits per heavy atom. The lowest BCUT2D eigenvalue weighted by Gasteiger charge is -2.17. The summed E-state index contributed by atoms with van der Waals surface area (Å²) in [5.74, 6) is 1.07. The van der Waals surface area contributed by atoms with Gasteiger partial charge in [-0.05, 0) is 29.7 Å². The SMILES string of the molecule is CC(C)c1ccccc1OC[C@H](O)Cn1ncc2ncccc2c1=O. The quantitative estimate of drug-likeness (QED) is 0.746. The minimum absolute atomic E-state index is 0.0630. The zero-order chi connectivity index (χ0) is 17.8. The minimum atomic E-state index is -0.848. The van der Waals surface area contributed by atoms with Gasteiger partial charge in [0.25, 0.3) is 5.56 Å². The molecule has 0 saturated carbocycles. The first-order valence-electron chi connectivity index (χ1n) is 8.27. The van der Waals surface area contributed by atoms with E-state index in [0.717, 1.165) is 11.3 Å². The Bertz CT molecular complexity index is 921. The summed E-state index contributed by atoms with van der Waals surface area (Å²) < 4.78 is 7.00. The van der Waals surface area contributed by atoms with Gasteiger partial charge >= 0.3 is 0 Å². The number of nitrogens with zero attached hydrogens (tertiary/aromatic N) is 3. The minimum Gasteiger partial charge on any atom is -0.491 e. The number of benzene rings is 1. The summed E-state index contributed by atoms with van der Waals surface area (Å²) in [6, 6.07) is 11.2. The normalized spacial score (nSPS) is 12.5. The Hall–Kier alpha value is -2.73. The summed E-state index contributed by atoms with van der Waals surface area (Å²) >= 11 is 0. The first-order chi connectivity index (χ1) is 12.1. The third-order valence-corrected chi connectivity index (χ3v) is 3.98. The smallest absolute Gasteiger partial charge is 0.276 e. The molecule has 0 fully saturated rings. The highest BCUT2D eigenvalue weighted by molar-refractivity contribution is 5.75. The summed E-state index contributed by atoms with van der Waals surface area (Å²) in [7, 11) is 0. The highest BCUT2D eigenvalue weighted by Gasteiger charge is 2.13. The van der Waals surface area contributed by atoms with Gasteiger partial charge in [-0.25, -0.2) is 4.68 Å². The van der Waals surface area contributed by atoms with Gasteiger partial charge < -0.3 is 9.84 Å². The van der Waals surface area contributed by atoms with Crippen LogP contribution in [-0.2, 0) is 6.54 Å². The number of pyridine rings is 1. The van der Waals surface area contributed by atoms with Crippen LogP contribution in [0.25, 0.3) is 10.9 Å². The second-order valence-electron chi connectivity index (χ2n) is 6.23. The Labute approximate surface area is 145 Å². The van der Waals surface area contributed by atoms with Crippen LogP contribution in [0.15, 0.2) is 53.6 Å². The molecule has 3 rings (SSSR count). The molecular formula is C19H21N3O3. The van der Waals surface area contributed by atoms with Gasteiger partial charge in [-0.3, -0.25) is 9.78 Å². The number of ether oxygens (including phenoxy) is 1. The fourth-order valence-corrected chi connectivity index (χ4v) is 2.67. The first-order valence-corrected chi connectivity index (χ1v) is 8.27. The van der Waals surface area contributed by atoms with Gasteiger partial charge in [0.15, 0.2) is 0 Å². The van der Waals surface area contributed by atoms with Crippen LogP contribution in [0.2, 0.25) is 0 Å². The maximum Gasteiger partial charge on any atom is 0.276 e. The van der Waals surface area contributed by atoms with E-state index in [1.165, 1.54) is 10.9 Å². The van der Waals surface area contributed by atoms with E-state index >= 15 is 0 Å². The van der Waals surface area contributed by atoms with Crippen molar-refractivity contribution < 1.29 is 9.84 Å². The van der Waals surface area contributed by atoms with Crippen molar-refractivity contribution in [3.05, 3.63) is 64.7 Å². The van der Waals surface area contributed by atoms with Gasteiger partial charge in [-0.2, -0.15) is 5.10 Å². The lowest BCUT2D eigenvalue weighted by molar-refractivity contribution is 0.0875. The van der Waals surface area contributed by atoms with Crippen LogP contribution in [0.5, 0.6) is 5.75 Å². The Kier molecular flexibility index (Phi) is 5.09. The van der Waals surface area contributed by atoms with Crippen LogP contribution in [0.3, 0.4) is 0 Å². The molecule has 1 aromatic carbocycles. The molecule has 2 aromatic heterocycles. The van der Waals surface area contributed by atoms with Crippen molar-refractivity contribution in [2.75, 3.05) is 6.61 Å². The molecule has 0 spiro atoms. The second kappa shape index (κ2) is 7.44. The Morgan fingerprint density at radius 3 is 2.80 bits per heavy atom. The largest absolute Gasteiger partial charge is 0.491 e. The fraction of sp³-hybridized carbons (Fsp3) is 0.316. The maximum atomic E-state index is 12.4. The van der Waals surface area contributed by atoms with Crippen LogP contribution in [0, 0.1) is 0 Å². The van der Waals surface area contributed by atoms with Crippen molar-refractivity contribution in [1.82, 2.24) is 14.8 Å². The molecule has 0 aliphatic rings. The Balaban J connectivity index is 1.70. The summed E-state index contributed by atoms with van der Waals surface area (Å²) in [5, 5.41) is 14.8. The molecule has 0 radical (unpaired) electrons. The third kappa shape index (κ3) is 3.85. The van der Waals surface area contributed by atoms with Gasteiger partial charge in [-0.15, -0.1) is 0 Å². The molecule has 1 atom stereocenters. The van der Waals surface area contributed by atoms with Gasteiger partial charge in [0, 0.05) is 6.20 Å². The molecular weight excluding hydrogens is 318 g/mol. The zero-order valence-electron chi connectivity index (χ0n) is 14.3. The summed E-state index contributed by atoms with van der Waals surface area (Å²) in [6.45, 7) is 4.33. The van der Waals surface area contributed by atoms with Crippen LogP contribution >= 0.6 is 0 Å². The molecule has 6 heteroatoms. The monoisotopic (exact) mass is 339 g/mol. The first kappa shape index (κ1) is 17.1. The average Bonchev–Trinajstić information content (AvgIpc) is 2.63. The van der Waals surface area contributed by atoms with Gasteiger partial charge in [-0.1, -0.05) is 32.0 Å². The molecule has 3 aromatic rings. The number of hydrogen-bond acceptors (Lipinski definition) is 5. The average molecular weight is 339 g/mol. The second-order valence-corrected chi connectivity index (χ2v) is 6.23. The lowest BCUT2D eigenvalue weighted by Crippen LogP contribution is -2.32. The van der Waals surface area contributed by atoms with Crippen LogP contribution < -0.4 is 10.3 Å². The molecule has 1 N–H and O–H groups in total. The molecule has 0 bridgehead atoms. The van der Waals surface area contributed by atoms with E-state index in [1.807, 2.05) is 24.3 Å². The maximum absolute atomic E-state index is 12.4. The predicted octanol–water partition coefficient (Wildman–Crippen LogP) is 2.35. The van der Waals surface area contributed by atoms with E-state index in [1.54, 1.807) is 18.3 Å². The molecule has 130 valence electrons. The van der Waals surface area contributed by atoms with Crippen molar-refractivity contribution in [2.24, 2.45) is 0 Å². The zero-order valence-corrected chi connectivity index (χ0v) is 14.3. The number of aromatic nitrogens is 3. The van der Waals surface area contributed by atoms with E-state index < -0.39 is 6.10 Å². The molecule has 6 nitrogen and oxygen atoms in total. The van der Waals surface area contributed by atoms with Gasteiger partial charge in [0.2, 0.25) is 0 Å². The number of fused-ring (bicyclic) bond motifs is 1. The van der Waals surface area contributed by atoms with Gasteiger partial charge in [0.1, 0.15) is 18.5 Å². The van der Waals surface area contributed by atoms with Crippen molar-refractivity contribution in [3.8, 4) is 5.75 Å². The topological polar surface area (TPSA) is 77.2 Å². The molecule has 0 aliphatic heterocycles. The number of aliphatic hydroxyl groups excluding tert-OH is 1. The van der Waals surface area contributed by atoms with Gasteiger partial charge in [0.05, 0.1) is 23.6 Å². The Morgan fingerprint density at radius 1 is 1.20 bits per heavy atom. The van der Waals surface area contributed by atoms with Crippen LogP contribution in [0.4, 0.5) is 0 Å². The molecule has 0 unspecified atom stereocenters. The van der Waals surface area contributed by atoms with E-state index in [9.17, 15) is 9.90 Å². The standard InChI is InChI=1S/C19H21N3O3/c1-13(2)15-6-3-4-8-18(15)25-12-14(23)11-22-19(24)16-7-5-9-20-17(16)10-21-22/h3-10,13-14,23H,11-12H2,1-2H3/t14-/m1/s1. The van der Waals surface area contributed by atoms with Crippen molar-refractivity contribution >= 4 is 10.9 Å². The molecule has 0 aliphatic carbocycles. The van der Waals surface area contributed by atoms with E-state index in [2.05, 4.69) is 23.9 Å². The van der Waals surface area contributed by atoms with Crippen LogP contribution in [-0.4, -0.2) is 32.6 Å². The summed E-state index contributed by atoms with van der Waals surface area (Å²) in [4.78, 5) is 16.5. The number of hydrogen-bond donors (Lipinski definition) is 1. The van der Waals surface area contributed by atoms with Crippen LogP contribution in [0.1, 0.15) is 25.3 Å². The number of para-hydroxylation sites is 1. The summed E-state index contributed by atoms with van der Waals surface area (Å²) in [5.41, 5.74) is 1.36. The molecule has 2 heterocycles. The predicted molar refractivity (Wildman–Crippen MR) is 95.8 cm³/mol. The molecule has 0 saturated heterocycles. The lowest BCUT2D eigenvalue weighted by atomic mass is 10.0. The van der Waals surface area contributed by atoms with E-state index in [4.69, 9.17) is 4.74 Å². The van der Waals surface area contributed by atoms with Crippen molar-refractivity contribution in [2.45, 2.75) is 32.4 Å². The fourth-order valence-electron chi connectivity index (χ4n) is 2.67. The number of rotatable bonds is 6. The third-order valence-electron chi connectivity index (χ3n) is 3.98. The summed E-state index contributed by atoms with van der Waals surface area (Å²) in [6.07, 6.45) is 2.29. The molecule has 25 heavy (non-hydrogen) atoms. The van der Waals surface area contributed by atoms with Crippen molar-refractivity contribution in [1.29, 1.82) is 0 Å².